The average Bonchev–Trinajstić information content (AvgIpc) is 2.67. The van der Waals surface area contributed by atoms with Crippen LogP contribution in [0.3, 0.4) is 0 Å². The predicted molar refractivity (Wildman–Crippen MR) is 68.1 cm³/mol. The van der Waals surface area contributed by atoms with Crippen molar-refractivity contribution in [1.29, 1.82) is 0 Å². The molecule has 0 amide bonds. The van der Waals surface area contributed by atoms with Gasteiger partial charge in [-0.2, -0.15) is 0 Å². The van der Waals surface area contributed by atoms with Crippen LogP contribution in [0.15, 0.2) is 4.99 Å². The fraction of sp³-hybridized carbons (Fsp3) is 0.909. The minimum absolute atomic E-state index is 0.158. The topological polar surface area (TPSA) is 76.3 Å². The van der Waals surface area contributed by atoms with Gasteiger partial charge in [0.1, 0.15) is 6.10 Å². The molecule has 0 unspecified atom stereocenters. The largest absolute Gasteiger partial charge is 0.393 e. The molecule has 0 aromatic heterocycles. The third-order valence-corrected chi connectivity index (χ3v) is 5.00. The number of amidine groups is 1. The molecule has 0 aromatic carbocycles. The van der Waals surface area contributed by atoms with Gasteiger partial charge in [0.2, 0.25) is 0 Å². The maximum atomic E-state index is 10.1. The molecule has 5 nitrogen and oxygen atoms in total. The Hall–Kier alpha value is -0.300. The lowest BCUT2D eigenvalue weighted by atomic mass is 9.78. The fourth-order valence-electron chi connectivity index (χ4n) is 2.50. The van der Waals surface area contributed by atoms with Crippen LogP contribution in [0.4, 0.5) is 0 Å². The van der Waals surface area contributed by atoms with Crippen molar-refractivity contribution < 1.29 is 15.3 Å². The Kier molecular flexibility index (Phi) is 3.68. The van der Waals surface area contributed by atoms with Gasteiger partial charge in [-0.25, -0.2) is 0 Å². The number of thioether (sulfide) groups is 1. The van der Waals surface area contributed by atoms with Gasteiger partial charge in [-0.15, -0.1) is 0 Å². The molecule has 0 spiro atoms. The van der Waals surface area contributed by atoms with Crippen molar-refractivity contribution in [3.63, 3.8) is 0 Å². The molecule has 1 aliphatic carbocycles. The summed E-state index contributed by atoms with van der Waals surface area (Å²) in [6, 6.07) is -0.248. The Morgan fingerprint density at radius 1 is 1.35 bits per heavy atom. The van der Waals surface area contributed by atoms with Crippen LogP contribution in [0.5, 0.6) is 0 Å². The summed E-state index contributed by atoms with van der Waals surface area (Å²) >= 11 is 1.62. The third-order valence-electron chi connectivity index (χ3n) is 3.54. The smallest absolute Gasteiger partial charge is 0.159 e. The van der Waals surface area contributed by atoms with Gasteiger partial charge in [0.05, 0.1) is 18.2 Å². The Bertz CT molecular complexity index is 322. The summed E-state index contributed by atoms with van der Waals surface area (Å²) in [7, 11) is 3.83. The first-order valence-electron chi connectivity index (χ1n) is 5.87. The van der Waals surface area contributed by atoms with Gasteiger partial charge in [-0.3, -0.25) is 4.99 Å². The molecule has 1 saturated carbocycles. The molecule has 1 fully saturated rings. The van der Waals surface area contributed by atoms with Gasteiger partial charge < -0.3 is 20.2 Å². The maximum absolute atomic E-state index is 10.1. The predicted octanol–water partition coefficient (Wildman–Crippen LogP) is -0.490. The van der Waals surface area contributed by atoms with E-state index in [9.17, 15) is 15.3 Å². The second-order valence-electron chi connectivity index (χ2n) is 5.07. The highest BCUT2D eigenvalue weighted by atomic mass is 32.2. The fourth-order valence-corrected chi connectivity index (χ4v) is 3.84. The second kappa shape index (κ2) is 4.76. The molecule has 0 bridgehead atoms. The number of aliphatic imine (C=N–C) groups is 1. The van der Waals surface area contributed by atoms with Crippen molar-refractivity contribution in [2.75, 3.05) is 14.1 Å². The molecule has 3 N–H and O–H groups in total. The molecule has 1 heterocycles. The van der Waals surface area contributed by atoms with Gasteiger partial charge in [-0.1, -0.05) is 11.8 Å². The summed E-state index contributed by atoms with van der Waals surface area (Å²) in [6.07, 6.45) is -1.68. The number of hydrogen-bond donors (Lipinski definition) is 3. The number of fused-ring (bicyclic) bond motifs is 1. The van der Waals surface area contributed by atoms with Gasteiger partial charge in [0, 0.05) is 25.3 Å². The van der Waals surface area contributed by atoms with E-state index in [1.165, 1.54) is 0 Å². The van der Waals surface area contributed by atoms with Crippen LogP contribution in [0, 0.1) is 5.92 Å². The molecule has 0 saturated heterocycles. The zero-order valence-corrected chi connectivity index (χ0v) is 11.1. The highest BCUT2D eigenvalue weighted by Crippen LogP contribution is 2.41. The van der Waals surface area contributed by atoms with E-state index in [-0.39, 0.29) is 17.2 Å². The quantitative estimate of drug-likeness (QED) is 0.593. The van der Waals surface area contributed by atoms with Crippen LogP contribution in [-0.4, -0.2) is 69.1 Å². The summed E-state index contributed by atoms with van der Waals surface area (Å²) < 4.78 is 0. The van der Waals surface area contributed by atoms with E-state index >= 15 is 0 Å². The molecular weight excluding hydrogens is 240 g/mol. The Morgan fingerprint density at radius 3 is 2.53 bits per heavy atom. The van der Waals surface area contributed by atoms with E-state index < -0.39 is 18.3 Å². The zero-order chi connectivity index (χ0) is 12.7. The first kappa shape index (κ1) is 13.1. The van der Waals surface area contributed by atoms with E-state index in [0.29, 0.717) is 6.42 Å². The van der Waals surface area contributed by atoms with Crippen molar-refractivity contribution in [3.05, 3.63) is 0 Å². The van der Waals surface area contributed by atoms with Gasteiger partial charge in [0.25, 0.3) is 0 Å². The lowest BCUT2D eigenvalue weighted by Crippen LogP contribution is -2.53. The minimum Gasteiger partial charge on any atom is -0.393 e. The Morgan fingerprint density at radius 2 is 2.00 bits per heavy atom. The SMILES string of the molecule is C[C@@H](O)[C@@H]1C[C@H]2SC(N(C)C)=N[C@H]2[C@H](O)[C@H]1O. The molecule has 6 atom stereocenters. The highest BCUT2D eigenvalue weighted by molar-refractivity contribution is 8.14. The lowest BCUT2D eigenvalue weighted by molar-refractivity contribution is -0.0835. The van der Waals surface area contributed by atoms with Crippen molar-refractivity contribution >= 4 is 16.9 Å². The molecule has 6 heteroatoms. The van der Waals surface area contributed by atoms with Crippen LogP contribution in [-0.2, 0) is 0 Å². The van der Waals surface area contributed by atoms with Gasteiger partial charge in [-0.05, 0) is 13.3 Å². The minimum atomic E-state index is -0.887. The molecule has 2 aliphatic rings. The number of rotatable bonds is 1. The van der Waals surface area contributed by atoms with E-state index in [2.05, 4.69) is 4.99 Å². The van der Waals surface area contributed by atoms with Crippen molar-refractivity contribution in [1.82, 2.24) is 4.90 Å². The maximum Gasteiger partial charge on any atom is 0.159 e. The summed E-state index contributed by atoms with van der Waals surface area (Å²) in [4.78, 5) is 6.36. The number of hydrogen-bond acceptors (Lipinski definition) is 6. The van der Waals surface area contributed by atoms with Crippen LogP contribution in [0.25, 0.3) is 0 Å². The van der Waals surface area contributed by atoms with Gasteiger partial charge >= 0.3 is 0 Å². The van der Waals surface area contributed by atoms with E-state index in [4.69, 9.17) is 0 Å². The lowest BCUT2D eigenvalue weighted by Gasteiger charge is -2.39. The Balaban J connectivity index is 2.15. The van der Waals surface area contributed by atoms with E-state index in [1.807, 2.05) is 19.0 Å². The molecule has 1 aliphatic heterocycles. The molecular formula is C11H20N2O3S. The van der Waals surface area contributed by atoms with Gasteiger partial charge in [0.15, 0.2) is 5.17 Å². The average molecular weight is 260 g/mol. The van der Waals surface area contributed by atoms with Crippen molar-refractivity contribution in [2.45, 2.75) is 42.9 Å². The first-order valence-corrected chi connectivity index (χ1v) is 6.75. The van der Waals surface area contributed by atoms with Crippen LogP contribution >= 0.6 is 11.8 Å². The number of nitrogens with zero attached hydrogens (tertiary/aromatic N) is 2. The molecule has 0 aromatic rings. The normalized spacial score (nSPS) is 42.9. The van der Waals surface area contributed by atoms with E-state index in [1.54, 1.807) is 18.7 Å². The summed E-state index contributed by atoms with van der Waals surface area (Å²) in [5.74, 6) is -0.268. The van der Waals surface area contributed by atoms with Crippen molar-refractivity contribution in [3.8, 4) is 0 Å². The second-order valence-corrected chi connectivity index (χ2v) is 6.28. The highest BCUT2D eigenvalue weighted by Gasteiger charge is 2.48. The number of aliphatic hydroxyl groups is 3. The first-order chi connectivity index (χ1) is 7.91. The molecule has 0 radical (unpaired) electrons. The third kappa shape index (κ3) is 2.31. The summed E-state index contributed by atoms with van der Waals surface area (Å²) in [6.45, 7) is 1.66. The Labute approximate surface area is 106 Å². The van der Waals surface area contributed by atoms with Crippen LogP contribution in [0.2, 0.25) is 0 Å². The monoisotopic (exact) mass is 260 g/mol. The van der Waals surface area contributed by atoms with Crippen molar-refractivity contribution in [2.24, 2.45) is 10.9 Å². The van der Waals surface area contributed by atoms with Crippen LogP contribution in [0.1, 0.15) is 13.3 Å². The number of aliphatic hydroxyl groups excluding tert-OH is 3. The zero-order valence-electron chi connectivity index (χ0n) is 10.3. The molecule has 98 valence electrons. The van der Waals surface area contributed by atoms with Crippen LogP contribution < -0.4 is 0 Å². The molecule has 2 rings (SSSR count). The molecule has 17 heavy (non-hydrogen) atoms. The summed E-state index contributed by atoms with van der Waals surface area (Å²) in [5.41, 5.74) is 0. The standard InChI is InChI=1S/C11H20N2O3S/c1-5(14)6-4-7-8(10(16)9(6)15)12-11(17-7)13(2)3/h5-10,14-16H,4H2,1-3H3/t5-,6+,7-,8-,9+,10+/m1/s1. The summed E-state index contributed by atoms with van der Waals surface area (Å²) in [5, 5.41) is 30.7. The van der Waals surface area contributed by atoms with E-state index in [0.717, 1.165) is 5.17 Å².